The van der Waals surface area contributed by atoms with Crippen LogP contribution in [-0.4, -0.2) is 36.6 Å². The summed E-state index contributed by atoms with van der Waals surface area (Å²) in [6, 6.07) is 1.73. The van der Waals surface area contributed by atoms with Crippen molar-refractivity contribution >= 4 is 0 Å². The molecule has 0 spiro atoms. The molecule has 2 heterocycles. The van der Waals surface area contributed by atoms with Crippen molar-refractivity contribution in [3.8, 4) is 0 Å². The maximum absolute atomic E-state index is 3.57. The molecule has 0 aromatic heterocycles. The van der Waals surface area contributed by atoms with Gasteiger partial charge in [0.2, 0.25) is 0 Å². The van der Waals surface area contributed by atoms with Gasteiger partial charge in [-0.25, -0.2) is 0 Å². The standard InChI is InChI=1S/C11H20N2/c1-2-4-9(3-1)7-13-8-10-5-11(13)6-12-10/h9-12H,1-8H2/t10-,11-/m1/s1. The van der Waals surface area contributed by atoms with Crippen molar-refractivity contribution in [2.24, 2.45) is 5.92 Å². The molecule has 74 valence electrons. The summed E-state index contributed by atoms with van der Waals surface area (Å²) in [4.78, 5) is 2.75. The lowest BCUT2D eigenvalue weighted by atomic mass is 10.1. The van der Waals surface area contributed by atoms with E-state index in [1.807, 2.05) is 0 Å². The second kappa shape index (κ2) is 3.25. The summed E-state index contributed by atoms with van der Waals surface area (Å²) in [7, 11) is 0. The summed E-state index contributed by atoms with van der Waals surface area (Å²) in [6.07, 6.45) is 7.41. The average Bonchev–Trinajstić information content (AvgIpc) is 2.77. The van der Waals surface area contributed by atoms with E-state index in [0.29, 0.717) is 0 Å². The Bertz CT molecular complexity index is 187. The number of nitrogens with zero attached hydrogens (tertiary/aromatic N) is 1. The first kappa shape index (κ1) is 8.25. The summed E-state index contributed by atoms with van der Waals surface area (Å²) < 4.78 is 0. The van der Waals surface area contributed by atoms with Crippen molar-refractivity contribution in [2.75, 3.05) is 19.6 Å². The van der Waals surface area contributed by atoms with Gasteiger partial charge in [-0.15, -0.1) is 0 Å². The van der Waals surface area contributed by atoms with Gasteiger partial charge in [-0.1, -0.05) is 12.8 Å². The monoisotopic (exact) mass is 180 g/mol. The van der Waals surface area contributed by atoms with Crippen LogP contribution < -0.4 is 5.32 Å². The lowest BCUT2D eigenvalue weighted by Crippen LogP contribution is -2.45. The molecule has 2 atom stereocenters. The van der Waals surface area contributed by atoms with Crippen LogP contribution in [0.2, 0.25) is 0 Å². The second-order valence-electron chi connectivity index (χ2n) is 5.10. The maximum atomic E-state index is 3.57. The molecule has 1 N–H and O–H groups in total. The number of hydrogen-bond donors (Lipinski definition) is 1. The number of rotatable bonds is 2. The summed E-state index contributed by atoms with van der Waals surface area (Å²) in [6.45, 7) is 4.00. The normalized spacial score (nSPS) is 40.6. The van der Waals surface area contributed by atoms with E-state index in [9.17, 15) is 0 Å². The molecule has 0 unspecified atom stereocenters. The van der Waals surface area contributed by atoms with E-state index in [4.69, 9.17) is 0 Å². The van der Waals surface area contributed by atoms with Crippen molar-refractivity contribution in [1.82, 2.24) is 10.2 Å². The highest BCUT2D eigenvalue weighted by molar-refractivity contribution is 4.97. The molecule has 2 saturated heterocycles. The molecule has 0 aromatic carbocycles. The van der Waals surface area contributed by atoms with Crippen LogP contribution in [0.25, 0.3) is 0 Å². The van der Waals surface area contributed by atoms with E-state index in [-0.39, 0.29) is 0 Å². The molecule has 2 bridgehead atoms. The highest BCUT2D eigenvalue weighted by atomic mass is 15.3. The molecule has 0 radical (unpaired) electrons. The summed E-state index contributed by atoms with van der Waals surface area (Å²) >= 11 is 0. The van der Waals surface area contributed by atoms with E-state index in [0.717, 1.165) is 18.0 Å². The Balaban J connectivity index is 1.55. The van der Waals surface area contributed by atoms with Crippen molar-refractivity contribution < 1.29 is 0 Å². The van der Waals surface area contributed by atoms with Crippen molar-refractivity contribution in [1.29, 1.82) is 0 Å². The summed E-state index contributed by atoms with van der Waals surface area (Å²) in [5.74, 6) is 1.04. The number of piperazine rings is 1. The maximum Gasteiger partial charge on any atom is 0.0236 e. The quantitative estimate of drug-likeness (QED) is 0.687. The topological polar surface area (TPSA) is 15.3 Å². The Labute approximate surface area is 80.7 Å². The van der Waals surface area contributed by atoms with Gasteiger partial charge in [-0.2, -0.15) is 0 Å². The Morgan fingerprint density at radius 1 is 1.23 bits per heavy atom. The van der Waals surface area contributed by atoms with Crippen LogP contribution in [0, 0.1) is 5.92 Å². The largest absolute Gasteiger partial charge is 0.311 e. The molecule has 2 aliphatic heterocycles. The Kier molecular flexibility index (Phi) is 2.06. The number of fused-ring (bicyclic) bond motifs is 2. The third kappa shape index (κ3) is 1.50. The smallest absolute Gasteiger partial charge is 0.0236 e. The zero-order valence-corrected chi connectivity index (χ0v) is 8.34. The summed E-state index contributed by atoms with van der Waals surface area (Å²) in [5, 5.41) is 3.57. The van der Waals surface area contributed by atoms with Crippen LogP contribution in [0.4, 0.5) is 0 Å². The third-order valence-corrected chi connectivity index (χ3v) is 4.14. The molecule has 2 nitrogen and oxygen atoms in total. The first-order valence-corrected chi connectivity index (χ1v) is 5.89. The molecule has 3 rings (SSSR count). The first-order valence-electron chi connectivity index (χ1n) is 5.89. The lowest BCUT2D eigenvalue weighted by Gasteiger charge is -2.29. The van der Waals surface area contributed by atoms with Gasteiger partial charge < -0.3 is 5.32 Å². The van der Waals surface area contributed by atoms with Crippen LogP contribution in [0.3, 0.4) is 0 Å². The van der Waals surface area contributed by atoms with Gasteiger partial charge in [0.1, 0.15) is 0 Å². The van der Waals surface area contributed by atoms with E-state index in [2.05, 4.69) is 10.2 Å². The first-order chi connectivity index (χ1) is 6.42. The van der Waals surface area contributed by atoms with E-state index < -0.39 is 0 Å². The fourth-order valence-electron chi connectivity index (χ4n) is 3.40. The van der Waals surface area contributed by atoms with Crippen LogP contribution in [-0.2, 0) is 0 Å². The highest BCUT2D eigenvalue weighted by Crippen LogP contribution is 2.30. The highest BCUT2D eigenvalue weighted by Gasteiger charge is 2.38. The lowest BCUT2D eigenvalue weighted by molar-refractivity contribution is 0.193. The van der Waals surface area contributed by atoms with Crippen LogP contribution in [0.1, 0.15) is 32.1 Å². The molecule has 13 heavy (non-hydrogen) atoms. The van der Waals surface area contributed by atoms with Gasteiger partial charge in [-0.05, 0) is 25.2 Å². The van der Waals surface area contributed by atoms with Crippen LogP contribution in [0.15, 0.2) is 0 Å². The van der Waals surface area contributed by atoms with Gasteiger partial charge in [0.05, 0.1) is 0 Å². The minimum absolute atomic E-state index is 0.839. The van der Waals surface area contributed by atoms with Crippen molar-refractivity contribution in [3.63, 3.8) is 0 Å². The van der Waals surface area contributed by atoms with Gasteiger partial charge >= 0.3 is 0 Å². The van der Waals surface area contributed by atoms with Crippen molar-refractivity contribution in [3.05, 3.63) is 0 Å². The van der Waals surface area contributed by atoms with Gasteiger partial charge in [0.15, 0.2) is 0 Å². The number of nitrogens with one attached hydrogen (secondary N) is 1. The third-order valence-electron chi connectivity index (χ3n) is 4.14. The molecular formula is C11H20N2. The molecule has 1 aliphatic carbocycles. The van der Waals surface area contributed by atoms with Gasteiger partial charge in [-0.3, -0.25) is 4.90 Å². The zero-order chi connectivity index (χ0) is 8.67. The van der Waals surface area contributed by atoms with Gasteiger partial charge in [0.25, 0.3) is 0 Å². The van der Waals surface area contributed by atoms with Gasteiger partial charge in [0, 0.05) is 31.7 Å². The van der Waals surface area contributed by atoms with E-state index in [1.54, 1.807) is 0 Å². The Morgan fingerprint density at radius 2 is 2.08 bits per heavy atom. The number of hydrogen-bond acceptors (Lipinski definition) is 2. The fraction of sp³-hybridized carbons (Fsp3) is 1.00. The molecular weight excluding hydrogens is 160 g/mol. The molecule has 0 amide bonds. The second-order valence-corrected chi connectivity index (χ2v) is 5.10. The SMILES string of the molecule is C1CCC(CN2C[C@H]3C[C@@H]2CN3)C1. The fourth-order valence-corrected chi connectivity index (χ4v) is 3.40. The van der Waals surface area contributed by atoms with E-state index >= 15 is 0 Å². The van der Waals surface area contributed by atoms with Crippen LogP contribution >= 0.6 is 0 Å². The molecule has 0 aromatic rings. The predicted molar refractivity (Wildman–Crippen MR) is 53.7 cm³/mol. The average molecular weight is 180 g/mol. The predicted octanol–water partition coefficient (Wildman–Crippen LogP) is 1.22. The van der Waals surface area contributed by atoms with Crippen LogP contribution in [0.5, 0.6) is 0 Å². The molecule has 1 saturated carbocycles. The minimum Gasteiger partial charge on any atom is -0.311 e. The Morgan fingerprint density at radius 3 is 2.69 bits per heavy atom. The van der Waals surface area contributed by atoms with E-state index in [1.165, 1.54) is 51.7 Å². The minimum atomic E-state index is 0.839. The zero-order valence-electron chi connectivity index (χ0n) is 8.34. The Hall–Kier alpha value is -0.0800. The van der Waals surface area contributed by atoms with Crippen molar-refractivity contribution in [2.45, 2.75) is 44.2 Å². The molecule has 2 heteroatoms. The number of likely N-dealkylation sites (tertiary alicyclic amines) is 1. The summed E-state index contributed by atoms with van der Waals surface area (Å²) in [5.41, 5.74) is 0. The molecule has 3 aliphatic rings. The molecule has 3 fully saturated rings.